The van der Waals surface area contributed by atoms with Crippen LogP contribution >= 0.6 is 22.9 Å². The van der Waals surface area contributed by atoms with E-state index in [9.17, 15) is 0 Å². The van der Waals surface area contributed by atoms with E-state index in [-0.39, 0.29) is 0 Å². The van der Waals surface area contributed by atoms with Crippen LogP contribution in [0.5, 0.6) is 0 Å². The summed E-state index contributed by atoms with van der Waals surface area (Å²) in [6, 6.07) is 31.4. The van der Waals surface area contributed by atoms with Gasteiger partial charge in [0.05, 0.1) is 0 Å². The van der Waals surface area contributed by atoms with Crippen molar-refractivity contribution in [1.82, 2.24) is 0 Å². The van der Waals surface area contributed by atoms with Crippen molar-refractivity contribution in [3.8, 4) is 32.0 Å². The second-order valence-corrected chi connectivity index (χ2v) is 7.08. The minimum Gasteiger partial charge on any atom is -0.135 e. The van der Waals surface area contributed by atoms with Crippen LogP contribution in [-0.2, 0) is 0 Å². The van der Waals surface area contributed by atoms with Crippen LogP contribution < -0.4 is 0 Å². The van der Waals surface area contributed by atoms with E-state index in [0.717, 1.165) is 10.6 Å². The number of halogens is 1. The summed E-state index contributed by atoms with van der Waals surface area (Å²) in [5.74, 6) is 0. The van der Waals surface area contributed by atoms with Gasteiger partial charge in [0.1, 0.15) is 0 Å². The van der Waals surface area contributed by atoms with Crippen LogP contribution in [0.4, 0.5) is 0 Å². The van der Waals surface area contributed by atoms with Gasteiger partial charge in [-0.2, -0.15) is 0 Å². The van der Waals surface area contributed by atoms with Crippen LogP contribution in [0.25, 0.3) is 32.0 Å². The highest BCUT2D eigenvalue weighted by molar-refractivity contribution is 7.19. The Morgan fingerprint density at radius 2 is 1.21 bits per heavy atom. The second-order valence-electron chi connectivity index (χ2n) is 5.60. The highest BCUT2D eigenvalue weighted by atomic mass is 35.5. The Balaban J connectivity index is 1.92. The van der Waals surface area contributed by atoms with Gasteiger partial charge in [-0.3, -0.25) is 0 Å². The molecular formula is C22H15ClS. The summed E-state index contributed by atoms with van der Waals surface area (Å²) < 4.78 is 0. The average molecular weight is 347 g/mol. The lowest BCUT2D eigenvalue weighted by atomic mass is 10.0. The van der Waals surface area contributed by atoms with Gasteiger partial charge in [0, 0.05) is 20.3 Å². The van der Waals surface area contributed by atoms with Crippen LogP contribution in [0.3, 0.4) is 0 Å². The molecule has 0 aliphatic rings. The summed E-state index contributed by atoms with van der Waals surface area (Å²) in [5, 5.41) is 0.763. The average Bonchev–Trinajstić information content (AvgIpc) is 3.09. The lowest BCUT2D eigenvalue weighted by molar-refractivity contribution is 1.64. The van der Waals surface area contributed by atoms with Gasteiger partial charge >= 0.3 is 0 Å². The van der Waals surface area contributed by atoms with E-state index in [1.54, 1.807) is 0 Å². The third kappa shape index (κ3) is 3.01. The van der Waals surface area contributed by atoms with Crippen LogP contribution in [0.1, 0.15) is 0 Å². The fourth-order valence-electron chi connectivity index (χ4n) is 2.81. The molecule has 24 heavy (non-hydrogen) atoms. The Bertz CT molecular complexity index is 956. The lowest BCUT2D eigenvalue weighted by Crippen LogP contribution is -1.79. The van der Waals surface area contributed by atoms with Gasteiger partial charge < -0.3 is 0 Å². The maximum Gasteiger partial charge on any atom is 0.0427 e. The van der Waals surface area contributed by atoms with Crippen LogP contribution in [-0.4, -0.2) is 0 Å². The fourth-order valence-corrected chi connectivity index (χ4v) is 4.19. The molecule has 0 unspecified atom stereocenters. The quantitative estimate of drug-likeness (QED) is 0.362. The van der Waals surface area contributed by atoms with Crippen molar-refractivity contribution in [2.24, 2.45) is 0 Å². The van der Waals surface area contributed by atoms with E-state index in [1.165, 1.54) is 26.4 Å². The molecule has 116 valence electrons. The summed E-state index contributed by atoms with van der Waals surface area (Å²) >= 11 is 8.04. The Morgan fingerprint density at radius 1 is 0.583 bits per heavy atom. The van der Waals surface area contributed by atoms with Crippen molar-refractivity contribution in [3.63, 3.8) is 0 Å². The summed E-state index contributed by atoms with van der Waals surface area (Å²) in [7, 11) is 0. The molecule has 2 heteroatoms. The molecule has 4 aromatic rings. The zero-order valence-electron chi connectivity index (χ0n) is 12.9. The molecule has 1 heterocycles. The van der Waals surface area contributed by atoms with Crippen molar-refractivity contribution in [3.05, 3.63) is 96.0 Å². The molecule has 1 aromatic heterocycles. The lowest BCUT2D eigenvalue weighted by Gasteiger charge is -2.04. The molecule has 0 saturated heterocycles. The molecule has 0 nitrogen and oxygen atoms in total. The van der Waals surface area contributed by atoms with Gasteiger partial charge in [-0.05, 0) is 34.9 Å². The monoisotopic (exact) mass is 346 g/mol. The number of hydrogen-bond donors (Lipinski definition) is 0. The first-order valence-corrected chi connectivity index (χ1v) is 9.01. The third-order valence-corrected chi connectivity index (χ3v) is 5.43. The molecule has 0 N–H and O–H groups in total. The van der Waals surface area contributed by atoms with Gasteiger partial charge in [-0.15, -0.1) is 11.3 Å². The Hall–Kier alpha value is -2.35. The molecule has 0 aliphatic carbocycles. The Kier molecular flexibility index (Phi) is 4.20. The Labute approximate surface area is 151 Å². The highest BCUT2D eigenvalue weighted by Gasteiger charge is 2.14. The predicted octanol–water partition coefficient (Wildman–Crippen LogP) is 7.40. The van der Waals surface area contributed by atoms with Crippen molar-refractivity contribution < 1.29 is 0 Å². The minimum atomic E-state index is 0.763. The number of thiophene rings is 1. The molecule has 3 aromatic carbocycles. The molecular weight excluding hydrogens is 332 g/mol. The van der Waals surface area contributed by atoms with Crippen LogP contribution in [0.2, 0.25) is 5.02 Å². The van der Waals surface area contributed by atoms with Gasteiger partial charge in [-0.25, -0.2) is 0 Å². The fraction of sp³-hybridized carbons (Fsp3) is 0. The molecule has 0 spiro atoms. The van der Waals surface area contributed by atoms with E-state index in [1.807, 2.05) is 41.7 Å². The van der Waals surface area contributed by atoms with E-state index in [2.05, 4.69) is 60.7 Å². The topological polar surface area (TPSA) is 0 Å². The summed E-state index contributed by atoms with van der Waals surface area (Å²) in [6.45, 7) is 0. The number of benzene rings is 3. The number of hydrogen-bond acceptors (Lipinski definition) is 1. The van der Waals surface area contributed by atoms with E-state index in [4.69, 9.17) is 11.6 Å². The van der Waals surface area contributed by atoms with Crippen LogP contribution in [0.15, 0.2) is 91.0 Å². The minimum absolute atomic E-state index is 0.763. The first-order valence-electron chi connectivity index (χ1n) is 7.82. The van der Waals surface area contributed by atoms with Gasteiger partial charge in [0.25, 0.3) is 0 Å². The van der Waals surface area contributed by atoms with Crippen molar-refractivity contribution in [1.29, 1.82) is 0 Å². The standard InChI is InChI=1S/C22H15ClS/c23-19-13-7-12-18(14-19)20-15-21(16-8-3-1-4-9-16)24-22(20)17-10-5-2-6-11-17/h1-15H. The molecule has 0 bridgehead atoms. The summed E-state index contributed by atoms with van der Waals surface area (Å²) in [4.78, 5) is 2.54. The van der Waals surface area contributed by atoms with E-state index >= 15 is 0 Å². The molecule has 0 radical (unpaired) electrons. The van der Waals surface area contributed by atoms with Crippen molar-refractivity contribution >= 4 is 22.9 Å². The van der Waals surface area contributed by atoms with Crippen molar-refractivity contribution in [2.75, 3.05) is 0 Å². The van der Waals surface area contributed by atoms with Gasteiger partial charge in [0.15, 0.2) is 0 Å². The second kappa shape index (κ2) is 6.64. The van der Waals surface area contributed by atoms with Gasteiger partial charge in [-0.1, -0.05) is 84.4 Å². The van der Waals surface area contributed by atoms with E-state index < -0.39 is 0 Å². The number of rotatable bonds is 3. The smallest absolute Gasteiger partial charge is 0.0427 e. The predicted molar refractivity (Wildman–Crippen MR) is 106 cm³/mol. The molecule has 0 saturated carbocycles. The Morgan fingerprint density at radius 3 is 1.88 bits per heavy atom. The largest absolute Gasteiger partial charge is 0.135 e. The molecule has 0 fully saturated rings. The van der Waals surface area contributed by atoms with E-state index in [0.29, 0.717) is 0 Å². The van der Waals surface area contributed by atoms with Crippen LogP contribution in [0, 0.1) is 0 Å². The summed E-state index contributed by atoms with van der Waals surface area (Å²) in [5.41, 5.74) is 4.86. The molecule has 4 rings (SSSR count). The molecule has 0 amide bonds. The maximum absolute atomic E-state index is 6.22. The first-order chi connectivity index (χ1) is 11.8. The zero-order valence-corrected chi connectivity index (χ0v) is 14.5. The summed E-state index contributed by atoms with van der Waals surface area (Å²) in [6.07, 6.45) is 0. The molecule has 0 atom stereocenters. The zero-order chi connectivity index (χ0) is 16.4. The first kappa shape index (κ1) is 15.2. The highest BCUT2D eigenvalue weighted by Crippen LogP contribution is 2.43. The SMILES string of the molecule is Clc1cccc(-c2cc(-c3ccccc3)sc2-c2ccccc2)c1. The normalized spacial score (nSPS) is 10.7. The van der Waals surface area contributed by atoms with Gasteiger partial charge in [0.2, 0.25) is 0 Å². The molecule has 0 aliphatic heterocycles. The van der Waals surface area contributed by atoms with Crippen molar-refractivity contribution in [2.45, 2.75) is 0 Å². The maximum atomic E-state index is 6.22. The third-order valence-electron chi connectivity index (χ3n) is 3.96.